The minimum absolute atomic E-state index is 0.231. The van der Waals surface area contributed by atoms with Crippen molar-refractivity contribution in [3.63, 3.8) is 0 Å². The number of allylic oxidation sites excluding steroid dienone is 1. The fourth-order valence-corrected chi connectivity index (χ4v) is 1.76. The van der Waals surface area contributed by atoms with Crippen molar-refractivity contribution in [2.75, 3.05) is 6.16 Å². The van der Waals surface area contributed by atoms with Gasteiger partial charge in [-0.25, -0.2) is 0 Å². The van der Waals surface area contributed by atoms with Crippen molar-refractivity contribution in [1.82, 2.24) is 0 Å². The Morgan fingerprint density at radius 3 is 2.36 bits per heavy atom. The number of rotatable bonds is 4. The predicted octanol–water partition coefficient (Wildman–Crippen LogP) is 3.20. The Hall–Kier alpha value is 0.235. The monoisotopic (exact) mass is 168 g/mol. The zero-order valence-electron chi connectivity index (χ0n) is 8.02. The Bertz CT molecular complexity index is 128. The molecule has 0 aliphatic heterocycles. The minimum Gasteiger partial charge on any atom is -0.0982 e. The molecule has 0 fully saturated rings. The first-order valence-corrected chi connectivity index (χ1v) is 5.48. The Balaban J connectivity index is 3.57. The van der Waals surface area contributed by atoms with Crippen molar-refractivity contribution in [1.29, 1.82) is 0 Å². The Morgan fingerprint density at radius 2 is 2.00 bits per heavy atom. The maximum absolute atomic E-state index is 5.69. The van der Waals surface area contributed by atoms with Gasteiger partial charge in [0.05, 0.1) is 7.85 Å². The summed E-state index contributed by atoms with van der Waals surface area (Å²) >= 11 is 0. The first-order chi connectivity index (χ1) is 5.04. The molecule has 2 unspecified atom stereocenters. The zero-order valence-corrected chi connectivity index (χ0v) is 9.02. The standard InChI is InChI=1S/C9H18BP/c1-7(2)5-11-6-8(3)9(4)10/h6-7,9,11H,5H2,1-4H3/b8-6+. The third-order valence-electron chi connectivity index (χ3n) is 1.57. The summed E-state index contributed by atoms with van der Waals surface area (Å²) in [5.41, 5.74) is 1.32. The van der Waals surface area contributed by atoms with Crippen molar-refractivity contribution in [2.24, 2.45) is 5.92 Å². The molecule has 0 aliphatic carbocycles. The summed E-state index contributed by atoms with van der Waals surface area (Å²) in [4.78, 5) is 0. The van der Waals surface area contributed by atoms with Crippen LogP contribution in [0.1, 0.15) is 27.7 Å². The molecule has 11 heavy (non-hydrogen) atoms. The number of hydrogen-bond donors (Lipinski definition) is 0. The lowest BCUT2D eigenvalue weighted by molar-refractivity contribution is 0.749. The predicted molar refractivity (Wildman–Crippen MR) is 57.0 cm³/mol. The summed E-state index contributed by atoms with van der Waals surface area (Å²) in [6.45, 7) is 8.65. The van der Waals surface area contributed by atoms with Crippen LogP contribution in [0.3, 0.4) is 0 Å². The molecule has 0 aromatic carbocycles. The topological polar surface area (TPSA) is 0 Å². The summed E-state index contributed by atoms with van der Waals surface area (Å²) in [6.07, 6.45) is 1.30. The second-order valence-electron chi connectivity index (χ2n) is 3.48. The van der Waals surface area contributed by atoms with Crippen molar-refractivity contribution >= 4 is 16.4 Å². The van der Waals surface area contributed by atoms with Crippen molar-refractivity contribution < 1.29 is 0 Å². The molecule has 2 heteroatoms. The van der Waals surface area contributed by atoms with Crippen molar-refractivity contribution in [3.8, 4) is 0 Å². The molecule has 0 spiro atoms. The van der Waals surface area contributed by atoms with Crippen LogP contribution in [0.5, 0.6) is 0 Å². The van der Waals surface area contributed by atoms with E-state index in [-0.39, 0.29) is 5.82 Å². The van der Waals surface area contributed by atoms with E-state index >= 15 is 0 Å². The van der Waals surface area contributed by atoms with E-state index < -0.39 is 0 Å². The van der Waals surface area contributed by atoms with E-state index in [0.29, 0.717) is 0 Å². The Labute approximate surface area is 74.0 Å². The highest BCUT2D eigenvalue weighted by molar-refractivity contribution is 7.41. The summed E-state index contributed by atoms with van der Waals surface area (Å²) < 4.78 is 0. The smallest absolute Gasteiger partial charge is 0.0755 e. The lowest BCUT2D eigenvalue weighted by atomic mass is 9.84. The summed E-state index contributed by atoms with van der Waals surface area (Å²) in [6, 6.07) is 0. The third kappa shape index (κ3) is 6.63. The minimum atomic E-state index is 0.231. The highest BCUT2D eigenvalue weighted by atomic mass is 31.1. The lowest BCUT2D eigenvalue weighted by Gasteiger charge is -2.06. The molecule has 2 atom stereocenters. The molecule has 0 N–H and O–H groups in total. The van der Waals surface area contributed by atoms with Crippen LogP contribution in [0.4, 0.5) is 0 Å². The molecule has 0 aliphatic rings. The third-order valence-corrected chi connectivity index (χ3v) is 3.29. The zero-order chi connectivity index (χ0) is 8.85. The summed E-state index contributed by atoms with van der Waals surface area (Å²) in [5.74, 6) is 3.32. The molecule has 0 saturated carbocycles. The second-order valence-corrected chi connectivity index (χ2v) is 4.58. The van der Waals surface area contributed by atoms with Crippen LogP contribution in [0.15, 0.2) is 11.4 Å². The van der Waals surface area contributed by atoms with Gasteiger partial charge in [0.2, 0.25) is 0 Å². The van der Waals surface area contributed by atoms with E-state index in [1.165, 1.54) is 11.7 Å². The quantitative estimate of drug-likeness (QED) is 0.446. The largest absolute Gasteiger partial charge is 0.0982 e. The molecule has 0 aromatic heterocycles. The Kier molecular flexibility index (Phi) is 5.96. The van der Waals surface area contributed by atoms with Gasteiger partial charge >= 0.3 is 0 Å². The van der Waals surface area contributed by atoms with E-state index in [1.807, 2.05) is 6.92 Å². The normalized spacial score (nSPS) is 16.6. The van der Waals surface area contributed by atoms with Crippen LogP contribution in [0, 0.1) is 5.92 Å². The van der Waals surface area contributed by atoms with Gasteiger partial charge in [0.25, 0.3) is 0 Å². The van der Waals surface area contributed by atoms with Crippen LogP contribution in [0.25, 0.3) is 0 Å². The molecule has 0 rings (SSSR count). The van der Waals surface area contributed by atoms with Gasteiger partial charge in [0.1, 0.15) is 0 Å². The van der Waals surface area contributed by atoms with E-state index in [9.17, 15) is 0 Å². The van der Waals surface area contributed by atoms with E-state index in [1.54, 1.807) is 0 Å². The maximum Gasteiger partial charge on any atom is 0.0755 e. The molecule has 0 bridgehead atoms. The molecular weight excluding hydrogens is 150 g/mol. The lowest BCUT2D eigenvalue weighted by Crippen LogP contribution is -1.88. The molecule has 0 nitrogen and oxygen atoms in total. The molecular formula is C9H18BP. The summed E-state index contributed by atoms with van der Waals surface area (Å²) in [7, 11) is 6.63. The van der Waals surface area contributed by atoms with Gasteiger partial charge in [-0.2, -0.15) is 0 Å². The van der Waals surface area contributed by atoms with Crippen LogP contribution in [0.2, 0.25) is 5.82 Å². The van der Waals surface area contributed by atoms with Crippen LogP contribution in [-0.2, 0) is 0 Å². The average molecular weight is 168 g/mol. The van der Waals surface area contributed by atoms with Gasteiger partial charge < -0.3 is 0 Å². The van der Waals surface area contributed by atoms with Gasteiger partial charge in [0.15, 0.2) is 0 Å². The molecule has 62 valence electrons. The van der Waals surface area contributed by atoms with Crippen LogP contribution in [-0.4, -0.2) is 14.0 Å². The van der Waals surface area contributed by atoms with Gasteiger partial charge in [0, 0.05) is 0 Å². The van der Waals surface area contributed by atoms with Gasteiger partial charge in [-0.3, -0.25) is 0 Å². The molecule has 2 radical (unpaired) electrons. The number of hydrogen-bond acceptors (Lipinski definition) is 0. The molecule has 0 amide bonds. The molecule has 0 saturated heterocycles. The molecule has 0 heterocycles. The fraction of sp³-hybridized carbons (Fsp3) is 0.778. The highest BCUT2D eigenvalue weighted by Gasteiger charge is 1.95. The fourth-order valence-electron chi connectivity index (χ4n) is 0.587. The average Bonchev–Trinajstić information content (AvgIpc) is 1.86. The first kappa shape index (κ1) is 11.2. The maximum atomic E-state index is 5.69. The van der Waals surface area contributed by atoms with E-state index in [0.717, 1.165) is 14.5 Å². The van der Waals surface area contributed by atoms with Crippen molar-refractivity contribution in [3.05, 3.63) is 11.4 Å². The van der Waals surface area contributed by atoms with Gasteiger partial charge in [-0.05, 0) is 19.0 Å². The molecule has 0 aromatic rings. The Morgan fingerprint density at radius 1 is 1.45 bits per heavy atom. The highest BCUT2D eigenvalue weighted by Crippen LogP contribution is 2.22. The van der Waals surface area contributed by atoms with E-state index in [4.69, 9.17) is 7.85 Å². The SMILES string of the molecule is [B]C(C)/C(C)=C/PCC(C)C. The van der Waals surface area contributed by atoms with Crippen molar-refractivity contribution in [2.45, 2.75) is 33.5 Å². The second kappa shape index (κ2) is 5.83. The van der Waals surface area contributed by atoms with Gasteiger partial charge in [-0.15, -0.1) is 0 Å². The van der Waals surface area contributed by atoms with Gasteiger partial charge in [-0.1, -0.05) is 46.6 Å². The van der Waals surface area contributed by atoms with Crippen LogP contribution >= 0.6 is 8.58 Å². The first-order valence-electron chi connectivity index (χ1n) is 4.19. The summed E-state index contributed by atoms with van der Waals surface area (Å²) in [5, 5.41) is 0. The van der Waals surface area contributed by atoms with E-state index in [2.05, 4.69) is 26.6 Å². The van der Waals surface area contributed by atoms with Crippen LogP contribution < -0.4 is 0 Å².